The third kappa shape index (κ3) is 2.34. The van der Waals surface area contributed by atoms with Gasteiger partial charge in [0.25, 0.3) is 0 Å². The van der Waals surface area contributed by atoms with E-state index in [1.54, 1.807) is 6.07 Å². The second-order valence-corrected chi connectivity index (χ2v) is 5.03. The van der Waals surface area contributed by atoms with Gasteiger partial charge in [0, 0.05) is 12.1 Å². The minimum atomic E-state index is -0.280. The highest BCUT2D eigenvalue weighted by atomic mass is 19.1. The van der Waals surface area contributed by atoms with Crippen molar-refractivity contribution in [3.05, 3.63) is 29.8 Å². The predicted octanol–water partition coefficient (Wildman–Crippen LogP) is 2.67. The summed E-state index contributed by atoms with van der Waals surface area (Å²) in [6.45, 7) is 6.56. The summed E-state index contributed by atoms with van der Waals surface area (Å²) in [5, 5.41) is 3.49. The Morgan fingerprint density at radius 3 is 2.67 bits per heavy atom. The Labute approximate surface area is 89.9 Å². The monoisotopic (exact) mass is 208 g/mol. The lowest BCUT2D eigenvalue weighted by molar-refractivity contribution is 0.484. The standard InChI is InChI=1S/C12H17FN2/c1-8(15-11-6-12(11,2)3)10-5-4-9(13)7-14-10/h4-5,7-8,11,15H,6H2,1-3H3. The molecule has 82 valence electrons. The minimum Gasteiger partial charge on any atom is -0.305 e. The Kier molecular flexibility index (Phi) is 2.51. The second-order valence-electron chi connectivity index (χ2n) is 5.03. The Balaban J connectivity index is 1.97. The topological polar surface area (TPSA) is 24.9 Å². The Morgan fingerprint density at radius 1 is 1.53 bits per heavy atom. The summed E-state index contributed by atoms with van der Waals surface area (Å²) < 4.78 is 12.7. The quantitative estimate of drug-likeness (QED) is 0.826. The van der Waals surface area contributed by atoms with Crippen molar-refractivity contribution in [1.82, 2.24) is 10.3 Å². The third-order valence-corrected chi connectivity index (χ3v) is 3.16. The number of hydrogen-bond acceptors (Lipinski definition) is 2. The van der Waals surface area contributed by atoms with Crippen molar-refractivity contribution in [2.75, 3.05) is 0 Å². The van der Waals surface area contributed by atoms with E-state index in [0.717, 1.165) is 5.69 Å². The summed E-state index contributed by atoms with van der Waals surface area (Å²) in [4.78, 5) is 4.07. The minimum absolute atomic E-state index is 0.192. The lowest BCUT2D eigenvalue weighted by atomic mass is 10.1. The largest absolute Gasteiger partial charge is 0.305 e. The zero-order valence-electron chi connectivity index (χ0n) is 9.42. The molecule has 1 aromatic rings. The molecule has 1 saturated carbocycles. The van der Waals surface area contributed by atoms with Gasteiger partial charge in [-0.25, -0.2) is 4.39 Å². The first kappa shape index (κ1) is 10.6. The molecule has 0 aromatic carbocycles. The van der Waals surface area contributed by atoms with Crippen LogP contribution in [-0.2, 0) is 0 Å². The van der Waals surface area contributed by atoms with Crippen LogP contribution in [0.3, 0.4) is 0 Å². The molecule has 0 aliphatic heterocycles. The molecule has 2 atom stereocenters. The van der Waals surface area contributed by atoms with Crippen LogP contribution in [0.4, 0.5) is 4.39 Å². The maximum Gasteiger partial charge on any atom is 0.141 e. The SMILES string of the molecule is CC(NC1CC1(C)C)c1ccc(F)cn1. The zero-order valence-corrected chi connectivity index (χ0v) is 9.42. The molecule has 1 aliphatic rings. The molecular formula is C12H17FN2. The molecule has 0 amide bonds. The van der Waals surface area contributed by atoms with Crippen LogP contribution >= 0.6 is 0 Å². The van der Waals surface area contributed by atoms with E-state index in [-0.39, 0.29) is 11.9 Å². The molecule has 0 spiro atoms. The van der Waals surface area contributed by atoms with Gasteiger partial charge >= 0.3 is 0 Å². The first-order valence-corrected chi connectivity index (χ1v) is 5.36. The van der Waals surface area contributed by atoms with Crippen molar-refractivity contribution >= 4 is 0 Å². The summed E-state index contributed by atoms with van der Waals surface area (Å²) in [5.74, 6) is -0.280. The van der Waals surface area contributed by atoms with Crippen LogP contribution in [0, 0.1) is 11.2 Å². The van der Waals surface area contributed by atoms with E-state index >= 15 is 0 Å². The van der Waals surface area contributed by atoms with Gasteiger partial charge in [-0.1, -0.05) is 13.8 Å². The fraction of sp³-hybridized carbons (Fsp3) is 0.583. The van der Waals surface area contributed by atoms with Crippen LogP contribution in [0.25, 0.3) is 0 Å². The van der Waals surface area contributed by atoms with E-state index in [1.807, 2.05) is 0 Å². The normalized spacial score (nSPS) is 24.9. The van der Waals surface area contributed by atoms with Gasteiger partial charge in [-0.05, 0) is 30.9 Å². The van der Waals surface area contributed by atoms with Crippen molar-refractivity contribution in [2.24, 2.45) is 5.41 Å². The van der Waals surface area contributed by atoms with E-state index in [4.69, 9.17) is 0 Å². The van der Waals surface area contributed by atoms with E-state index < -0.39 is 0 Å². The molecule has 1 aromatic heterocycles. The molecule has 2 unspecified atom stereocenters. The van der Waals surface area contributed by atoms with Crippen LogP contribution in [0.5, 0.6) is 0 Å². The van der Waals surface area contributed by atoms with E-state index in [1.165, 1.54) is 18.7 Å². The van der Waals surface area contributed by atoms with Crippen molar-refractivity contribution in [3.8, 4) is 0 Å². The van der Waals surface area contributed by atoms with Gasteiger partial charge in [0.2, 0.25) is 0 Å². The molecule has 1 N–H and O–H groups in total. The first-order chi connectivity index (χ1) is 6.99. The fourth-order valence-electron chi connectivity index (χ4n) is 1.78. The molecule has 0 bridgehead atoms. The third-order valence-electron chi connectivity index (χ3n) is 3.16. The number of halogens is 1. The first-order valence-electron chi connectivity index (χ1n) is 5.36. The van der Waals surface area contributed by atoms with Crippen molar-refractivity contribution in [2.45, 2.75) is 39.3 Å². The van der Waals surface area contributed by atoms with Crippen LogP contribution in [0.15, 0.2) is 18.3 Å². The van der Waals surface area contributed by atoms with Crippen LogP contribution < -0.4 is 5.32 Å². The molecular weight excluding hydrogens is 191 g/mol. The summed E-state index contributed by atoms with van der Waals surface area (Å²) in [6.07, 6.45) is 2.48. The van der Waals surface area contributed by atoms with Crippen LogP contribution in [0.2, 0.25) is 0 Å². The fourth-order valence-corrected chi connectivity index (χ4v) is 1.78. The molecule has 15 heavy (non-hydrogen) atoms. The summed E-state index contributed by atoms with van der Waals surface area (Å²) >= 11 is 0. The lowest BCUT2D eigenvalue weighted by Crippen LogP contribution is -2.24. The van der Waals surface area contributed by atoms with Gasteiger partial charge in [0.1, 0.15) is 5.82 Å². The number of aromatic nitrogens is 1. The average Bonchev–Trinajstić information content (AvgIpc) is 2.74. The van der Waals surface area contributed by atoms with Crippen molar-refractivity contribution in [1.29, 1.82) is 0 Å². The lowest BCUT2D eigenvalue weighted by Gasteiger charge is -2.14. The predicted molar refractivity (Wildman–Crippen MR) is 57.9 cm³/mol. The highest BCUT2D eigenvalue weighted by Crippen LogP contribution is 2.45. The van der Waals surface area contributed by atoms with Crippen molar-refractivity contribution < 1.29 is 4.39 Å². The van der Waals surface area contributed by atoms with E-state index in [0.29, 0.717) is 11.5 Å². The maximum atomic E-state index is 12.7. The molecule has 2 rings (SSSR count). The van der Waals surface area contributed by atoms with Crippen molar-refractivity contribution in [3.63, 3.8) is 0 Å². The van der Waals surface area contributed by atoms with Crippen LogP contribution in [-0.4, -0.2) is 11.0 Å². The Hall–Kier alpha value is -0.960. The smallest absolute Gasteiger partial charge is 0.141 e. The zero-order chi connectivity index (χ0) is 11.1. The summed E-state index contributed by atoms with van der Waals surface area (Å²) in [6, 6.07) is 3.96. The number of nitrogens with zero attached hydrogens (tertiary/aromatic N) is 1. The van der Waals surface area contributed by atoms with Gasteiger partial charge < -0.3 is 5.32 Å². The number of pyridine rings is 1. The van der Waals surface area contributed by atoms with Gasteiger partial charge in [0.05, 0.1) is 11.9 Å². The number of nitrogens with one attached hydrogen (secondary N) is 1. The Bertz CT molecular complexity index is 345. The number of hydrogen-bond donors (Lipinski definition) is 1. The highest BCUT2D eigenvalue weighted by Gasteiger charge is 2.45. The number of rotatable bonds is 3. The maximum absolute atomic E-state index is 12.7. The molecule has 3 heteroatoms. The molecule has 1 heterocycles. The summed E-state index contributed by atoms with van der Waals surface area (Å²) in [5.41, 5.74) is 1.31. The van der Waals surface area contributed by atoms with Crippen LogP contribution in [0.1, 0.15) is 38.9 Å². The van der Waals surface area contributed by atoms with Gasteiger partial charge in [-0.2, -0.15) is 0 Å². The molecule has 0 saturated heterocycles. The highest BCUT2D eigenvalue weighted by molar-refractivity contribution is 5.11. The summed E-state index contributed by atoms with van der Waals surface area (Å²) in [7, 11) is 0. The average molecular weight is 208 g/mol. The molecule has 1 fully saturated rings. The molecule has 2 nitrogen and oxygen atoms in total. The van der Waals surface area contributed by atoms with E-state index in [9.17, 15) is 4.39 Å². The Morgan fingerprint density at radius 2 is 2.20 bits per heavy atom. The van der Waals surface area contributed by atoms with Gasteiger partial charge in [-0.15, -0.1) is 0 Å². The second kappa shape index (κ2) is 3.56. The van der Waals surface area contributed by atoms with Gasteiger partial charge in [0.15, 0.2) is 0 Å². The molecule has 1 aliphatic carbocycles. The van der Waals surface area contributed by atoms with E-state index in [2.05, 4.69) is 31.1 Å². The van der Waals surface area contributed by atoms with Gasteiger partial charge in [-0.3, -0.25) is 4.98 Å². The molecule has 0 radical (unpaired) electrons.